The molecule has 2 aromatic rings. The van der Waals surface area contributed by atoms with E-state index in [0.29, 0.717) is 0 Å². The average molecular weight is 364 g/mol. The van der Waals surface area contributed by atoms with Gasteiger partial charge in [0.25, 0.3) is 0 Å². The van der Waals surface area contributed by atoms with Gasteiger partial charge in [0.05, 0.1) is 5.03 Å². The van der Waals surface area contributed by atoms with E-state index < -0.39 is 0 Å². The van der Waals surface area contributed by atoms with Crippen molar-refractivity contribution >= 4 is 44.8 Å². The molecular formula is C16H14BrNS2. The summed E-state index contributed by atoms with van der Waals surface area (Å²) in [6, 6.07) is 18.2. The molecule has 2 aromatic carbocycles. The zero-order valence-electron chi connectivity index (χ0n) is 11.0. The summed E-state index contributed by atoms with van der Waals surface area (Å²) in [6.45, 7) is 0. The van der Waals surface area contributed by atoms with Crippen molar-refractivity contribution in [1.29, 1.82) is 0 Å². The van der Waals surface area contributed by atoms with E-state index in [1.165, 1.54) is 4.90 Å². The van der Waals surface area contributed by atoms with E-state index in [-0.39, 0.29) is 0 Å². The van der Waals surface area contributed by atoms with Gasteiger partial charge in [-0.25, -0.2) is 0 Å². The van der Waals surface area contributed by atoms with Crippen molar-refractivity contribution in [2.24, 2.45) is 0 Å². The number of rotatable bonds is 5. The molecule has 0 bridgehead atoms. The van der Waals surface area contributed by atoms with E-state index in [9.17, 15) is 0 Å². The molecule has 0 radical (unpaired) electrons. The van der Waals surface area contributed by atoms with Crippen LogP contribution in [0.2, 0.25) is 0 Å². The Morgan fingerprint density at radius 2 is 1.75 bits per heavy atom. The molecule has 0 fully saturated rings. The highest BCUT2D eigenvalue weighted by Gasteiger charge is 2.02. The number of thioether (sulfide) groups is 1. The molecule has 0 atom stereocenters. The van der Waals surface area contributed by atoms with Gasteiger partial charge in [-0.3, -0.25) is 0 Å². The zero-order chi connectivity index (χ0) is 14.4. The second kappa shape index (κ2) is 7.62. The lowest BCUT2D eigenvalue weighted by Gasteiger charge is -2.07. The Morgan fingerprint density at radius 1 is 1.10 bits per heavy atom. The van der Waals surface area contributed by atoms with E-state index >= 15 is 0 Å². The maximum atomic E-state index is 5.46. The standard InChI is InChI=1S/C16H14BrNS2/c1-18-16(20-14-9-7-13(17)8-10-14)11-15(19)12-5-3-2-4-6-12/h2-11,18H,1H3/b16-11+. The van der Waals surface area contributed by atoms with Crippen molar-refractivity contribution in [3.63, 3.8) is 0 Å². The lowest BCUT2D eigenvalue weighted by molar-refractivity contribution is 1.08. The van der Waals surface area contributed by atoms with E-state index in [1.807, 2.05) is 55.6 Å². The first kappa shape index (κ1) is 15.3. The fraction of sp³-hybridized carbons (Fsp3) is 0.0625. The van der Waals surface area contributed by atoms with Gasteiger partial charge in [-0.05, 0) is 35.9 Å². The maximum Gasteiger partial charge on any atom is 0.0741 e. The monoisotopic (exact) mass is 363 g/mol. The van der Waals surface area contributed by atoms with Crippen LogP contribution in [0.5, 0.6) is 0 Å². The summed E-state index contributed by atoms with van der Waals surface area (Å²) in [4.78, 5) is 2.00. The molecule has 0 unspecified atom stereocenters. The predicted molar refractivity (Wildman–Crippen MR) is 95.3 cm³/mol. The van der Waals surface area contributed by atoms with E-state index in [1.54, 1.807) is 11.8 Å². The highest BCUT2D eigenvalue weighted by molar-refractivity contribution is 9.10. The molecule has 0 saturated heterocycles. The molecule has 0 aromatic heterocycles. The van der Waals surface area contributed by atoms with Gasteiger partial charge in [0.15, 0.2) is 0 Å². The van der Waals surface area contributed by atoms with Gasteiger partial charge < -0.3 is 5.32 Å². The van der Waals surface area contributed by atoms with Crippen LogP contribution in [0.4, 0.5) is 0 Å². The second-order valence-electron chi connectivity index (χ2n) is 4.04. The summed E-state index contributed by atoms with van der Waals surface area (Å²) in [7, 11) is 1.91. The first-order valence-electron chi connectivity index (χ1n) is 6.11. The van der Waals surface area contributed by atoms with E-state index in [0.717, 1.165) is 19.9 Å². The van der Waals surface area contributed by atoms with Gasteiger partial charge in [0.1, 0.15) is 0 Å². The van der Waals surface area contributed by atoms with Gasteiger partial charge in [0.2, 0.25) is 0 Å². The van der Waals surface area contributed by atoms with Gasteiger partial charge in [-0.2, -0.15) is 0 Å². The summed E-state index contributed by atoms with van der Waals surface area (Å²) < 4.78 is 1.08. The van der Waals surface area contributed by atoms with Gasteiger partial charge in [0, 0.05) is 21.3 Å². The minimum Gasteiger partial charge on any atom is -0.383 e. The Kier molecular flexibility index (Phi) is 5.83. The molecule has 102 valence electrons. The Morgan fingerprint density at radius 3 is 2.35 bits per heavy atom. The minimum absolute atomic E-state index is 0.833. The van der Waals surface area contributed by atoms with Crippen LogP contribution in [0.1, 0.15) is 5.56 Å². The van der Waals surface area contributed by atoms with E-state index in [2.05, 4.69) is 33.4 Å². The van der Waals surface area contributed by atoms with Crippen LogP contribution in [-0.2, 0) is 0 Å². The third kappa shape index (κ3) is 4.47. The molecular weight excluding hydrogens is 350 g/mol. The molecule has 0 aliphatic heterocycles. The highest BCUT2D eigenvalue weighted by atomic mass is 79.9. The van der Waals surface area contributed by atoms with Gasteiger partial charge >= 0.3 is 0 Å². The number of hydrogen-bond acceptors (Lipinski definition) is 3. The number of halogens is 1. The van der Waals surface area contributed by atoms with Crippen LogP contribution in [0, 0.1) is 0 Å². The van der Waals surface area contributed by atoms with Crippen LogP contribution in [0.15, 0.2) is 75.1 Å². The molecule has 20 heavy (non-hydrogen) atoms. The minimum atomic E-state index is 0.833. The largest absolute Gasteiger partial charge is 0.383 e. The topological polar surface area (TPSA) is 12.0 Å². The molecule has 0 spiro atoms. The molecule has 4 heteroatoms. The van der Waals surface area contributed by atoms with Crippen LogP contribution in [0.3, 0.4) is 0 Å². The molecule has 0 aliphatic rings. The second-order valence-corrected chi connectivity index (χ2v) is 6.52. The predicted octanol–water partition coefficient (Wildman–Crippen LogP) is 5.02. The smallest absolute Gasteiger partial charge is 0.0741 e. The molecule has 0 amide bonds. The number of benzene rings is 2. The summed E-state index contributed by atoms with van der Waals surface area (Å²) in [5.74, 6) is 0. The first-order chi connectivity index (χ1) is 9.69. The number of nitrogens with one attached hydrogen (secondary N) is 1. The summed E-state index contributed by atoms with van der Waals surface area (Å²) >= 11 is 10.6. The van der Waals surface area contributed by atoms with Crippen molar-refractivity contribution < 1.29 is 0 Å². The molecule has 2 rings (SSSR count). The maximum absolute atomic E-state index is 5.46. The zero-order valence-corrected chi connectivity index (χ0v) is 14.2. The van der Waals surface area contributed by atoms with Crippen molar-refractivity contribution in [2.45, 2.75) is 4.90 Å². The molecule has 1 N–H and O–H groups in total. The first-order valence-corrected chi connectivity index (χ1v) is 8.13. The summed E-state index contributed by atoms with van der Waals surface area (Å²) in [5, 5.41) is 4.22. The van der Waals surface area contributed by atoms with Crippen LogP contribution >= 0.6 is 39.9 Å². The number of allylic oxidation sites excluding steroid dienone is 1. The normalized spacial score (nSPS) is 11.2. The molecule has 0 aliphatic carbocycles. The molecule has 0 saturated carbocycles. The van der Waals surface area contributed by atoms with Gasteiger partial charge in [-0.1, -0.05) is 70.2 Å². The van der Waals surface area contributed by atoms with Crippen molar-refractivity contribution in [1.82, 2.24) is 5.32 Å². The average Bonchev–Trinajstić information content (AvgIpc) is 2.49. The fourth-order valence-electron chi connectivity index (χ4n) is 1.59. The lowest BCUT2D eigenvalue weighted by Crippen LogP contribution is -2.05. The summed E-state index contributed by atoms with van der Waals surface area (Å²) in [5.41, 5.74) is 1.06. The Balaban J connectivity index is 2.13. The van der Waals surface area contributed by atoms with Crippen molar-refractivity contribution in [3.8, 4) is 0 Å². The third-order valence-electron chi connectivity index (χ3n) is 2.61. The van der Waals surface area contributed by atoms with Gasteiger partial charge in [-0.15, -0.1) is 0 Å². The number of hydrogen-bond donors (Lipinski definition) is 1. The SMILES string of the molecule is CN/C(=C\C(=S)c1ccccc1)Sc1ccc(Br)cc1. The van der Waals surface area contributed by atoms with Crippen molar-refractivity contribution in [2.75, 3.05) is 7.05 Å². The fourth-order valence-corrected chi connectivity index (χ4v) is 2.98. The molecule has 1 nitrogen and oxygen atoms in total. The number of thiocarbonyl (C=S) groups is 1. The highest BCUT2D eigenvalue weighted by Crippen LogP contribution is 2.26. The Labute approximate surface area is 137 Å². The van der Waals surface area contributed by atoms with Crippen LogP contribution in [0.25, 0.3) is 0 Å². The van der Waals surface area contributed by atoms with Crippen LogP contribution < -0.4 is 5.32 Å². The third-order valence-corrected chi connectivity index (χ3v) is 4.54. The Bertz CT molecular complexity index is 606. The van der Waals surface area contributed by atoms with Crippen molar-refractivity contribution in [3.05, 3.63) is 75.7 Å². The van der Waals surface area contributed by atoms with Crippen LogP contribution in [-0.4, -0.2) is 11.9 Å². The summed E-state index contributed by atoms with van der Waals surface area (Å²) in [6.07, 6.45) is 2.00. The quantitative estimate of drug-likeness (QED) is 0.346. The Hall–Kier alpha value is -1.10. The molecule has 0 heterocycles. The lowest BCUT2D eigenvalue weighted by atomic mass is 10.1. The van der Waals surface area contributed by atoms with E-state index in [4.69, 9.17) is 12.2 Å².